The van der Waals surface area contributed by atoms with E-state index >= 15 is 0 Å². The topological polar surface area (TPSA) is 122 Å². The molecule has 13 heteroatoms. The van der Waals surface area contributed by atoms with Gasteiger partial charge in [0.25, 0.3) is 10.0 Å². The van der Waals surface area contributed by atoms with Crippen LogP contribution in [0.15, 0.2) is 53.0 Å². The molecular weight excluding hydrogens is 528 g/mol. The van der Waals surface area contributed by atoms with Gasteiger partial charge < -0.3 is 14.7 Å². The first-order chi connectivity index (χ1) is 17.2. The van der Waals surface area contributed by atoms with Gasteiger partial charge in [0.2, 0.25) is 5.91 Å². The molecule has 1 aromatic carbocycles. The second kappa shape index (κ2) is 9.45. The van der Waals surface area contributed by atoms with E-state index in [1.54, 1.807) is 42.6 Å². The van der Waals surface area contributed by atoms with E-state index in [4.69, 9.17) is 16.3 Å². The fourth-order valence-electron chi connectivity index (χ4n) is 4.44. The SMILES string of the molecule is COCC1CN(S(=O)(=O)c2cc3ccc(Cl)cc3s2)CC(=O)N1Cc1cc2cnccc2n1C(=O)O. The van der Waals surface area contributed by atoms with Gasteiger partial charge in [-0.1, -0.05) is 17.7 Å². The third kappa shape index (κ3) is 4.35. The van der Waals surface area contributed by atoms with Crippen LogP contribution in [-0.4, -0.2) is 77.1 Å². The summed E-state index contributed by atoms with van der Waals surface area (Å²) in [5.41, 5.74) is 0.826. The average molecular weight is 549 g/mol. The van der Waals surface area contributed by atoms with Gasteiger partial charge in [0.1, 0.15) is 4.21 Å². The van der Waals surface area contributed by atoms with Crippen LogP contribution in [0.2, 0.25) is 5.02 Å². The summed E-state index contributed by atoms with van der Waals surface area (Å²) in [5.74, 6) is -0.448. The number of thiophene rings is 1. The molecule has 36 heavy (non-hydrogen) atoms. The number of benzene rings is 1. The first-order valence-corrected chi connectivity index (χ1v) is 13.5. The van der Waals surface area contributed by atoms with Crippen LogP contribution < -0.4 is 0 Å². The summed E-state index contributed by atoms with van der Waals surface area (Å²) >= 11 is 7.14. The molecule has 0 bridgehead atoms. The average Bonchev–Trinajstić information content (AvgIpc) is 3.42. The molecule has 188 valence electrons. The van der Waals surface area contributed by atoms with E-state index in [1.165, 1.54) is 18.2 Å². The lowest BCUT2D eigenvalue weighted by Gasteiger charge is -2.40. The number of rotatable bonds is 6. The zero-order valence-electron chi connectivity index (χ0n) is 19.0. The molecule has 4 heterocycles. The van der Waals surface area contributed by atoms with Gasteiger partial charge in [-0.05, 0) is 35.7 Å². The summed E-state index contributed by atoms with van der Waals surface area (Å²) in [6, 6.07) is 9.36. The zero-order chi connectivity index (χ0) is 25.6. The van der Waals surface area contributed by atoms with Crippen molar-refractivity contribution in [2.24, 2.45) is 0 Å². The van der Waals surface area contributed by atoms with Gasteiger partial charge >= 0.3 is 6.09 Å². The Morgan fingerprint density at radius 2 is 2.06 bits per heavy atom. The van der Waals surface area contributed by atoms with E-state index in [2.05, 4.69) is 4.98 Å². The van der Waals surface area contributed by atoms with Gasteiger partial charge in [-0.15, -0.1) is 11.3 Å². The monoisotopic (exact) mass is 548 g/mol. The molecule has 1 saturated heterocycles. The maximum atomic E-state index is 13.5. The number of pyridine rings is 1. The number of piperazine rings is 1. The van der Waals surface area contributed by atoms with Crippen molar-refractivity contribution >= 4 is 66.0 Å². The van der Waals surface area contributed by atoms with Crippen molar-refractivity contribution in [1.82, 2.24) is 18.8 Å². The molecule has 1 atom stereocenters. The Morgan fingerprint density at radius 1 is 1.25 bits per heavy atom. The molecule has 1 amide bonds. The van der Waals surface area contributed by atoms with Gasteiger partial charge in [0, 0.05) is 46.9 Å². The minimum Gasteiger partial charge on any atom is -0.464 e. The minimum atomic E-state index is -3.96. The molecule has 0 spiro atoms. The van der Waals surface area contributed by atoms with Crippen molar-refractivity contribution in [1.29, 1.82) is 0 Å². The third-order valence-electron chi connectivity index (χ3n) is 6.10. The van der Waals surface area contributed by atoms with Crippen molar-refractivity contribution < 1.29 is 27.9 Å². The number of ether oxygens (including phenoxy) is 1. The Bertz CT molecular complexity index is 1600. The number of nitrogens with zero attached hydrogens (tertiary/aromatic N) is 4. The number of methoxy groups -OCH3 is 1. The maximum Gasteiger partial charge on any atom is 0.416 e. The van der Waals surface area contributed by atoms with Crippen LogP contribution in [0, 0.1) is 0 Å². The summed E-state index contributed by atoms with van der Waals surface area (Å²) in [7, 11) is -2.50. The second-order valence-corrected chi connectivity index (χ2v) is 12.0. The Hall–Kier alpha value is -3.03. The Kier molecular flexibility index (Phi) is 6.47. The number of hydrogen-bond donors (Lipinski definition) is 1. The summed E-state index contributed by atoms with van der Waals surface area (Å²) in [4.78, 5) is 30.8. The van der Waals surface area contributed by atoms with Crippen molar-refractivity contribution in [3.05, 3.63) is 59.5 Å². The molecule has 1 unspecified atom stereocenters. The predicted octanol–water partition coefficient (Wildman–Crippen LogP) is 3.48. The van der Waals surface area contributed by atoms with E-state index < -0.39 is 28.1 Å². The Morgan fingerprint density at radius 3 is 2.81 bits per heavy atom. The number of carbonyl (C=O) groups excluding carboxylic acids is 1. The van der Waals surface area contributed by atoms with Crippen molar-refractivity contribution in [3.8, 4) is 0 Å². The number of carbonyl (C=O) groups is 2. The molecule has 3 aromatic heterocycles. The lowest BCUT2D eigenvalue weighted by molar-refractivity contribution is -0.140. The van der Waals surface area contributed by atoms with Crippen LogP contribution >= 0.6 is 22.9 Å². The normalized spacial score (nSPS) is 17.3. The minimum absolute atomic E-state index is 0.00572. The summed E-state index contributed by atoms with van der Waals surface area (Å²) < 4.78 is 35.3. The van der Waals surface area contributed by atoms with E-state index in [9.17, 15) is 23.1 Å². The van der Waals surface area contributed by atoms with Crippen LogP contribution in [0.3, 0.4) is 0 Å². The first-order valence-electron chi connectivity index (χ1n) is 10.8. The maximum absolute atomic E-state index is 13.5. The molecule has 4 aromatic rings. The first kappa shape index (κ1) is 24.7. The van der Waals surface area contributed by atoms with Crippen LogP contribution in [0.5, 0.6) is 0 Å². The fraction of sp³-hybridized carbons (Fsp3) is 0.261. The van der Waals surface area contributed by atoms with Gasteiger partial charge in [-0.3, -0.25) is 9.78 Å². The van der Waals surface area contributed by atoms with E-state index in [-0.39, 0.29) is 30.5 Å². The van der Waals surface area contributed by atoms with Crippen LogP contribution in [0.1, 0.15) is 5.69 Å². The highest BCUT2D eigenvalue weighted by molar-refractivity contribution is 7.91. The van der Waals surface area contributed by atoms with Crippen LogP contribution in [0.25, 0.3) is 21.0 Å². The van der Waals surface area contributed by atoms with Crippen LogP contribution in [-0.2, 0) is 26.1 Å². The van der Waals surface area contributed by atoms with Crippen LogP contribution in [0.4, 0.5) is 4.79 Å². The molecule has 0 radical (unpaired) electrons. The molecule has 5 rings (SSSR count). The molecule has 1 fully saturated rings. The molecule has 1 aliphatic rings. The summed E-state index contributed by atoms with van der Waals surface area (Å²) in [6.45, 7) is -0.310. The second-order valence-electron chi connectivity index (χ2n) is 8.36. The summed E-state index contributed by atoms with van der Waals surface area (Å²) in [6.07, 6.45) is 1.86. The quantitative estimate of drug-likeness (QED) is 0.391. The lowest BCUT2D eigenvalue weighted by atomic mass is 10.2. The number of fused-ring (bicyclic) bond motifs is 2. The number of amides is 1. The summed E-state index contributed by atoms with van der Waals surface area (Å²) in [5, 5.41) is 11.7. The highest BCUT2D eigenvalue weighted by atomic mass is 35.5. The van der Waals surface area contributed by atoms with Gasteiger partial charge in [-0.25, -0.2) is 17.8 Å². The van der Waals surface area contributed by atoms with Gasteiger partial charge in [0.15, 0.2) is 0 Å². The highest BCUT2D eigenvalue weighted by Gasteiger charge is 2.39. The van der Waals surface area contributed by atoms with E-state index in [1.807, 2.05) is 0 Å². The van der Waals surface area contributed by atoms with Gasteiger partial charge in [-0.2, -0.15) is 4.31 Å². The Labute approximate surface area is 215 Å². The van der Waals surface area contributed by atoms with Crippen molar-refractivity contribution in [3.63, 3.8) is 0 Å². The largest absolute Gasteiger partial charge is 0.464 e. The zero-order valence-corrected chi connectivity index (χ0v) is 21.4. The molecular formula is C23H21ClN4O6S2. The van der Waals surface area contributed by atoms with Gasteiger partial charge in [0.05, 0.1) is 31.3 Å². The third-order valence-corrected chi connectivity index (χ3v) is 9.70. The standard InChI is InChI=1S/C23H21ClN4O6S2/c1-34-13-18-10-26(36(32,33)22-7-14-2-3-16(24)8-20(14)35-22)12-21(29)27(18)11-17-6-15-9-25-5-4-19(15)28(17)23(30)31/h2-9,18H,10-13H2,1H3,(H,30,31). The smallest absolute Gasteiger partial charge is 0.416 e. The molecule has 0 aliphatic carbocycles. The van der Waals surface area contributed by atoms with E-state index in [0.29, 0.717) is 21.6 Å². The number of hydrogen-bond acceptors (Lipinski definition) is 7. The fourth-order valence-corrected chi connectivity index (χ4v) is 7.70. The van der Waals surface area contributed by atoms with Crippen molar-refractivity contribution in [2.75, 3.05) is 26.8 Å². The predicted molar refractivity (Wildman–Crippen MR) is 135 cm³/mol. The molecule has 10 nitrogen and oxygen atoms in total. The molecule has 1 aliphatic heterocycles. The van der Waals surface area contributed by atoms with Crippen molar-refractivity contribution in [2.45, 2.75) is 16.8 Å². The molecule has 1 N–H and O–H groups in total. The highest BCUT2D eigenvalue weighted by Crippen LogP contribution is 2.34. The van der Waals surface area contributed by atoms with E-state index in [0.717, 1.165) is 30.3 Å². The number of carboxylic acid groups (broad SMARTS) is 1. The number of sulfonamides is 1. The Balaban J connectivity index is 1.45. The number of aromatic nitrogens is 2. The lowest BCUT2D eigenvalue weighted by Crippen LogP contribution is -2.58. The molecule has 0 saturated carbocycles. The number of halogens is 1.